The lowest BCUT2D eigenvalue weighted by atomic mass is 10.1. The Labute approximate surface area is 115 Å². The summed E-state index contributed by atoms with van der Waals surface area (Å²) in [4.78, 5) is 14.4. The van der Waals surface area contributed by atoms with Crippen LogP contribution in [0.15, 0.2) is 18.2 Å². The van der Waals surface area contributed by atoms with E-state index in [1.807, 2.05) is 4.90 Å². The molecule has 0 saturated carbocycles. The van der Waals surface area contributed by atoms with Gasteiger partial charge < -0.3 is 16.4 Å². The largest absolute Gasteiger partial charge is 0.399 e. The van der Waals surface area contributed by atoms with Gasteiger partial charge in [-0.05, 0) is 30.0 Å². The normalized spacial score (nSPS) is 11.1. The Morgan fingerprint density at radius 3 is 2.05 bits per heavy atom. The standard InChI is InChI=1S/C15H25N3O/c1-10(2)8-18(9-11(3)4)15(19)13-6-5-12(16)7-14(13)17/h5-7,10-11H,8-9,16-17H2,1-4H3. The first-order chi connectivity index (χ1) is 8.81. The maximum atomic E-state index is 12.6. The lowest BCUT2D eigenvalue weighted by Crippen LogP contribution is -2.37. The van der Waals surface area contributed by atoms with E-state index in [1.165, 1.54) is 0 Å². The van der Waals surface area contributed by atoms with Gasteiger partial charge in [0, 0.05) is 24.5 Å². The lowest BCUT2D eigenvalue weighted by molar-refractivity contribution is 0.0716. The van der Waals surface area contributed by atoms with Gasteiger partial charge in [-0.2, -0.15) is 0 Å². The zero-order valence-electron chi connectivity index (χ0n) is 12.3. The van der Waals surface area contributed by atoms with Gasteiger partial charge in [0.15, 0.2) is 0 Å². The fourth-order valence-electron chi connectivity index (χ4n) is 2.07. The van der Waals surface area contributed by atoms with Crippen LogP contribution in [0.1, 0.15) is 38.1 Å². The van der Waals surface area contributed by atoms with E-state index in [4.69, 9.17) is 11.5 Å². The monoisotopic (exact) mass is 263 g/mol. The maximum absolute atomic E-state index is 12.6. The highest BCUT2D eigenvalue weighted by atomic mass is 16.2. The first-order valence-corrected chi connectivity index (χ1v) is 6.75. The Morgan fingerprint density at radius 1 is 1.11 bits per heavy atom. The summed E-state index contributed by atoms with van der Waals surface area (Å²) in [6, 6.07) is 5.06. The minimum Gasteiger partial charge on any atom is -0.399 e. The quantitative estimate of drug-likeness (QED) is 0.802. The number of nitrogen functional groups attached to an aromatic ring is 2. The summed E-state index contributed by atoms with van der Waals surface area (Å²) in [7, 11) is 0. The van der Waals surface area contributed by atoms with Gasteiger partial charge in [0.25, 0.3) is 5.91 Å². The predicted molar refractivity (Wildman–Crippen MR) is 80.8 cm³/mol. The van der Waals surface area contributed by atoms with Gasteiger partial charge >= 0.3 is 0 Å². The molecule has 0 aliphatic carbocycles. The molecule has 0 aromatic heterocycles. The zero-order chi connectivity index (χ0) is 14.6. The number of anilines is 2. The molecule has 0 unspecified atom stereocenters. The molecule has 0 heterocycles. The van der Waals surface area contributed by atoms with Crippen molar-refractivity contribution in [3.05, 3.63) is 23.8 Å². The van der Waals surface area contributed by atoms with Crippen molar-refractivity contribution in [1.82, 2.24) is 4.90 Å². The molecule has 0 radical (unpaired) electrons. The highest BCUT2D eigenvalue weighted by molar-refractivity contribution is 5.99. The van der Waals surface area contributed by atoms with Crippen LogP contribution in [0.25, 0.3) is 0 Å². The van der Waals surface area contributed by atoms with Crippen LogP contribution in [0, 0.1) is 11.8 Å². The van der Waals surface area contributed by atoms with Crippen molar-refractivity contribution < 1.29 is 4.79 Å². The summed E-state index contributed by atoms with van der Waals surface area (Å²) in [5.41, 5.74) is 13.1. The Hall–Kier alpha value is -1.71. The number of carbonyl (C=O) groups excluding carboxylic acids is 1. The van der Waals surface area contributed by atoms with Gasteiger partial charge in [0.2, 0.25) is 0 Å². The molecule has 0 spiro atoms. The molecule has 4 N–H and O–H groups in total. The molecule has 4 heteroatoms. The predicted octanol–water partition coefficient (Wildman–Crippen LogP) is 2.61. The van der Waals surface area contributed by atoms with Crippen LogP contribution < -0.4 is 11.5 Å². The molecular weight excluding hydrogens is 238 g/mol. The Kier molecular flexibility index (Phi) is 5.21. The van der Waals surface area contributed by atoms with Crippen LogP contribution in [0.2, 0.25) is 0 Å². The highest BCUT2D eigenvalue weighted by Crippen LogP contribution is 2.19. The first kappa shape index (κ1) is 15.3. The van der Waals surface area contributed by atoms with Gasteiger partial charge in [-0.3, -0.25) is 4.79 Å². The molecule has 1 aromatic carbocycles. The summed E-state index contributed by atoms with van der Waals surface area (Å²) in [6.45, 7) is 9.89. The van der Waals surface area contributed by atoms with Crippen LogP contribution in [0.3, 0.4) is 0 Å². The van der Waals surface area contributed by atoms with Gasteiger partial charge in [0.05, 0.1) is 5.56 Å². The van der Waals surface area contributed by atoms with Crippen molar-refractivity contribution >= 4 is 17.3 Å². The van der Waals surface area contributed by atoms with E-state index in [2.05, 4.69) is 27.7 Å². The van der Waals surface area contributed by atoms with Crippen molar-refractivity contribution in [3.8, 4) is 0 Å². The topological polar surface area (TPSA) is 72.3 Å². The van der Waals surface area contributed by atoms with Crippen molar-refractivity contribution in [1.29, 1.82) is 0 Å². The van der Waals surface area contributed by atoms with Crippen molar-refractivity contribution in [2.75, 3.05) is 24.6 Å². The summed E-state index contributed by atoms with van der Waals surface area (Å²) < 4.78 is 0. The number of benzene rings is 1. The fourth-order valence-corrected chi connectivity index (χ4v) is 2.07. The maximum Gasteiger partial charge on any atom is 0.255 e. The molecule has 4 nitrogen and oxygen atoms in total. The van der Waals surface area contributed by atoms with Crippen molar-refractivity contribution in [2.45, 2.75) is 27.7 Å². The van der Waals surface area contributed by atoms with Crippen molar-refractivity contribution in [2.24, 2.45) is 11.8 Å². The number of hydrogen-bond acceptors (Lipinski definition) is 3. The second kappa shape index (κ2) is 6.45. The second-order valence-electron chi connectivity index (χ2n) is 5.84. The van der Waals surface area contributed by atoms with Gasteiger partial charge in [0.1, 0.15) is 0 Å². The lowest BCUT2D eigenvalue weighted by Gasteiger charge is -2.27. The Balaban J connectivity index is 2.97. The molecular formula is C15H25N3O. The fraction of sp³-hybridized carbons (Fsp3) is 0.533. The van der Waals surface area contributed by atoms with Crippen LogP contribution in [-0.4, -0.2) is 23.9 Å². The first-order valence-electron chi connectivity index (χ1n) is 6.75. The summed E-state index contributed by atoms with van der Waals surface area (Å²) in [5.74, 6) is 0.843. The molecule has 0 aliphatic rings. The molecule has 0 saturated heterocycles. The molecule has 19 heavy (non-hydrogen) atoms. The third kappa shape index (κ3) is 4.47. The SMILES string of the molecule is CC(C)CN(CC(C)C)C(=O)c1ccc(N)cc1N. The number of amides is 1. The summed E-state index contributed by atoms with van der Waals surface area (Å²) in [5, 5.41) is 0. The summed E-state index contributed by atoms with van der Waals surface area (Å²) >= 11 is 0. The molecule has 0 aliphatic heterocycles. The molecule has 1 rings (SSSR count). The Morgan fingerprint density at radius 2 is 1.63 bits per heavy atom. The van der Waals surface area contributed by atoms with E-state index in [9.17, 15) is 4.79 Å². The molecule has 106 valence electrons. The van der Waals surface area contributed by atoms with Crippen LogP contribution in [0.5, 0.6) is 0 Å². The van der Waals surface area contributed by atoms with Crippen molar-refractivity contribution in [3.63, 3.8) is 0 Å². The Bertz CT molecular complexity index is 431. The number of carbonyl (C=O) groups is 1. The van der Waals surface area contributed by atoms with E-state index in [-0.39, 0.29) is 5.91 Å². The molecule has 0 fully saturated rings. The third-order valence-corrected chi connectivity index (χ3v) is 2.76. The molecule has 0 atom stereocenters. The molecule has 0 bridgehead atoms. The van der Waals surface area contributed by atoms with E-state index in [0.717, 1.165) is 13.1 Å². The molecule has 1 amide bonds. The second-order valence-corrected chi connectivity index (χ2v) is 5.84. The summed E-state index contributed by atoms with van der Waals surface area (Å²) in [6.07, 6.45) is 0. The zero-order valence-corrected chi connectivity index (χ0v) is 12.3. The van der Waals surface area contributed by atoms with E-state index < -0.39 is 0 Å². The van der Waals surface area contributed by atoms with Gasteiger partial charge in [-0.25, -0.2) is 0 Å². The minimum atomic E-state index is -0.0140. The highest BCUT2D eigenvalue weighted by Gasteiger charge is 2.19. The number of nitrogens with two attached hydrogens (primary N) is 2. The van der Waals surface area contributed by atoms with Crippen LogP contribution in [0.4, 0.5) is 11.4 Å². The van der Waals surface area contributed by atoms with Gasteiger partial charge in [-0.1, -0.05) is 27.7 Å². The number of nitrogens with zero attached hydrogens (tertiary/aromatic N) is 1. The van der Waals surface area contributed by atoms with E-state index >= 15 is 0 Å². The van der Waals surface area contributed by atoms with E-state index in [0.29, 0.717) is 28.8 Å². The average Bonchev–Trinajstić information content (AvgIpc) is 2.26. The average molecular weight is 263 g/mol. The van der Waals surface area contributed by atoms with Crippen LogP contribution in [-0.2, 0) is 0 Å². The molecule has 1 aromatic rings. The number of rotatable bonds is 5. The minimum absolute atomic E-state index is 0.0140. The van der Waals surface area contributed by atoms with Gasteiger partial charge in [-0.15, -0.1) is 0 Å². The number of hydrogen-bond donors (Lipinski definition) is 2. The smallest absolute Gasteiger partial charge is 0.255 e. The van der Waals surface area contributed by atoms with E-state index in [1.54, 1.807) is 18.2 Å². The third-order valence-electron chi connectivity index (χ3n) is 2.76. The van der Waals surface area contributed by atoms with Crippen LogP contribution >= 0.6 is 0 Å².